The number of para-hydroxylation sites is 1. The Morgan fingerprint density at radius 3 is 2.53 bits per heavy atom. The third kappa shape index (κ3) is 3.30. The number of aromatic nitrogens is 2. The summed E-state index contributed by atoms with van der Waals surface area (Å²) in [4.78, 5) is 42.0. The van der Waals surface area contributed by atoms with Crippen molar-refractivity contribution in [2.24, 2.45) is 0 Å². The lowest BCUT2D eigenvalue weighted by Crippen LogP contribution is -2.22. The van der Waals surface area contributed by atoms with Gasteiger partial charge in [0, 0.05) is 15.7 Å². The Hall–Kier alpha value is -4.04. The molecule has 1 amide bonds. The largest absolute Gasteiger partial charge is 0.478 e. The quantitative estimate of drug-likeness (QED) is 0.418. The summed E-state index contributed by atoms with van der Waals surface area (Å²) in [5.74, 6) is -1.10. The normalized spacial score (nSPS) is 13.9. The van der Waals surface area contributed by atoms with Gasteiger partial charge in [0.25, 0.3) is 11.5 Å². The first-order valence-corrected chi connectivity index (χ1v) is 10.4. The average molecular weight is 488 g/mol. The number of carboxylic acid groups (broad SMARTS) is 1. The number of halogens is 1. The Labute approximate surface area is 189 Å². The number of carboxylic acids is 1. The fourth-order valence-electron chi connectivity index (χ4n) is 3.68. The second-order valence-corrected chi connectivity index (χ2v) is 8.10. The molecule has 0 saturated heterocycles. The van der Waals surface area contributed by atoms with Crippen molar-refractivity contribution in [1.29, 1.82) is 0 Å². The molecular weight excluding hydrogens is 474 g/mol. The maximum Gasteiger partial charge on any atom is 0.335 e. The topological polar surface area (TPSA) is 101 Å². The summed E-state index contributed by atoms with van der Waals surface area (Å²) in [6, 6.07) is 18.3. The number of amides is 1. The minimum Gasteiger partial charge on any atom is -0.478 e. The molecule has 0 unspecified atom stereocenters. The van der Waals surface area contributed by atoms with Crippen LogP contribution in [0.15, 0.2) is 76.0 Å². The molecule has 0 spiro atoms. The standard InChI is InChI=1S/C24H14BrN3O4/c25-14-7-10-20-17(11-14)18(22(29)27-20)12-21-26-19-4-2-1-3-16(19)23(30)28(21)15-8-5-13(6-9-15)24(31)32/h1-12H,(H,27,29)(H,31,32). The van der Waals surface area contributed by atoms with Crippen LogP contribution >= 0.6 is 15.9 Å². The van der Waals surface area contributed by atoms with Crippen LogP contribution in [0.5, 0.6) is 0 Å². The lowest BCUT2D eigenvalue weighted by Gasteiger charge is -2.12. The van der Waals surface area contributed by atoms with Gasteiger partial charge in [-0.25, -0.2) is 9.78 Å². The summed E-state index contributed by atoms with van der Waals surface area (Å²) >= 11 is 3.43. The van der Waals surface area contributed by atoms with Gasteiger partial charge >= 0.3 is 5.97 Å². The Morgan fingerprint density at radius 2 is 1.78 bits per heavy atom. The maximum absolute atomic E-state index is 13.4. The van der Waals surface area contributed by atoms with Crippen LogP contribution in [0.4, 0.5) is 5.69 Å². The molecule has 1 aliphatic rings. The van der Waals surface area contributed by atoms with E-state index < -0.39 is 5.97 Å². The zero-order valence-corrected chi connectivity index (χ0v) is 18.0. The zero-order chi connectivity index (χ0) is 22.4. The second-order valence-electron chi connectivity index (χ2n) is 7.18. The number of rotatable bonds is 3. The molecule has 0 fully saturated rings. The first kappa shape index (κ1) is 19.9. The lowest BCUT2D eigenvalue weighted by molar-refractivity contribution is -0.110. The van der Waals surface area contributed by atoms with Crippen molar-refractivity contribution in [3.63, 3.8) is 0 Å². The summed E-state index contributed by atoms with van der Waals surface area (Å²) in [6.45, 7) is 0. The average Bonchev–Trinajstić information content (AvgIpc) is 3.08. The molecule has 7 nitrogen and oxygen atoms in total. The van der Waals surface area contributed by atoms with Gasteiger partial charge in [-0.3, -0.25) is 14.2 Å². The number of hydrogen-bond acceptors (Lipinski definition) is 4. The van der Waals surface area contributed by atoms with Crippen molar-refractivity contribution >= 4 is 56.0 Å². The summed E-state index contributed by atoms with van der Waals surface area (Å²) in [7, 11) is 0. The van der Waals surface area contributed by atoms with Gasteiger partial charge in [-0.2, -0.15) is 0 Å². The molecule has 2 N–H and O–H groups in total. The van der Waals surface area contributed by atoms with Crippen LogP contribution < -0.4 is 10.9 Å². The monoisotopic (exact) mass is 487 g/mol. The molecule has 0 aliphatic carbocycles. The number of hydrogen-bond donors (Lipinski definition) is 2. The van der Waals surface area contributed by atoms with Gasteiger partial charge in [0.15, 0.2) is 0 Å². The van der Waals surface area contributed by atoms with Gasteiger partial charge < -0.3 is 10.4 Å². The van der Waals surface area contributed by atoms with Crippen LogP contribution in [0.3, 0.4) is 0 Å². The fraction of sp³-hybridized carbons (Fsp3) is 0. The number of nitrogens with zero attached hydrogens (tertiary/aromatic N) is 2. The van der Waals surface area contributed by atoms with E-state index >= 15 is 0 Å². The number of carbonyl (C=O) groups is 2. The number of benzene rings is 3. The van der Waals surface area contributed by atoms with Gasteiger partial charge in [-0.15, -0.1) is 0 Å². The van der Waals surface area contributed by atoms with Gasteiger partial charge in [0.2, 0.25) is 0 Å². The van der Waals surface area contributed by atoms with Crippen LogP contribution in [0.25, 0.3) is 28.2 Å². The first-order valence-electron chi connectivity index (χ1n) is 9.61. The Balaban J connectivity index is 1.78. The van der Waals surface area contributed by atoms with E-state index in [1.807, 2.05) is 12.1 Å². The predicted octanol–water partition coefficient (Wildman–Crippen LogP) is 4.34. The van der Waals surface area contributed by atoms with Crippen LogP contribution in [-0.4, -0.2) is 26.5 Å². The van der Waals surface area contributed by atoms with Crippen molar-refractivity contribution < 1.29 is 14.7 Å². The number of anilines is 1. The van der Waals surface area contributed by atoms with Gasteiger partial charge in [-0.1, -0.05) is 28.1 Å². The lowest BCUT2D eigenvalue weighted by atomic mass is 10.1. The smallest absolute Gasteiger partial charge is 0.335 e. The summed E-state index contributed by atoms with van der Waals surface area (Å²) in [6.07, 6.45) is 1.58. The molecule has 0 saturated carbocycles. The summed E-state index contributed by atoms with van der Waals surface area (Å²) < 4.78 is 2.19. The van der Waals surface area contributed by atoms with E-state index in [2.05, 4.69) is 26.2 Å². The minimum absolute atomic E-state index is 0.101. The molecule has 1 aliphatic heterocycles. The van der Waals surface area contributed by atoms with Crippen LogP contribution in [0.1, 0.15) is 21.7 Å². The molecule has 1 aromatic heterocycles. The summed E-state index contributed by atoms with van der Waals surface area (Å²) in [5, 5.41) is 12.4. The Morgan fingerprint density at radius 1 is 1.03 bits per heavy atom. The molecule has 8 heteroatoms. The van der Waals surface area contributed by atoms with E-state index in [0.717, 1.165) is 4.47 Å². The highest BCUT2D eigenvalue weighted by Gasteiger charge is 2.25. The van der Waals surface area contributed by atoms with E-state index in [9.17, 15) is 19.5 Å². The Kier molecular flexibility index (Phi) is 4.71. The van der Waals surface area contributed by atoms with E-state index in [0.29, 0.717) is 33.4 Å². The first-order chi connectivity index (χ1) is 15.4. The number of carbonyl (C=O) groups excluding carboxylic acids is 1. The number of fused-ring (bicyclic) bond motifs is 2. The molecule has 2 heterocycles. The van der Waals surface area contributed by atoms with E-state index in [1.165, 1.54) is 16.7 Å². The van der Waals surface area contributed by atoms with Crippen LogP contribution in [0.2, 0.25) is 0 Å². The van der Waals surface area contributed by atoms with Crippen molar-refractivity contribution in [2.75, 3.05) is 5.32 Å². The van der Waals surface area contributed by atoms with Crippen molar-refractivity contribution in [2.45, 2.75) is 0 Å². The molecule has 3 aromatic carbocycles. The van der Waals surface area contributed by atoms with E-state index in [-0.39, 0.29) is 22.9 Å². The van der Waals surface area contributed by atoms with Crippen LogP contribution in [0, 0.1) is 0 Å². The molecule has 0 radical (unpaired) electrons. The highest BCUT2D eigenvalue weighted by molar-refractivity contribution is 9.10. The predicted molar refractivity (Wildman–Crippen MR) is 125 cm³/mol. The summed E-state index contributed by atoms with van der Waals surface area (Å²) in [5.41, 5.74) is 2.46. The fourth-order valence-corrected chi connectivity index (χ4v) is 4.04. The van der Waals surface area contributed by atoms with Gasteiger partial charge in [0.05, 0.1) is 27.7 Å². The number of aromatic carboxylic acids is 1. The van der Waals surface area contributed by atoms with E-state index in [1.54, 1.807) is 48.5 Å². The van der Waals surface area contributed by atoms with Crippen molar-refractivity contribution in [3.8, 4) is 5.69 Å². The highest BCUT2D eigenvalue weighted by Crippen LogP contribution is 2.35. The molecule has 4 aromatic rings. The maximum atomic E-state index is 13.4. The Bertz CT molecular complexity index is 1520. The highest BCUT2D eigenvalue weighted by atomic mass is 79.9. The van der Waals surface area contributed by atoms with Crippen molar-refractivity contribution in [3.05, 3.63) is 98.5 Å². The van der Waals surface area contributed by atoms with E-state index in [4.69, 9.17) is 0 Å². The zero-order valence-electron chi connectivity index (χ0n) is 16.4. The molecule has 32 heavy (non-hydrogen) atoms. The van der Waals surface area contributed by atoms with Gasteiger partial charge in [0.1, 0.15) is 5.82 Å². The molecule has 5 rings (SSSR count). The minimum atomic E-state index is -1.06. The molecule has 0 bridgehead atoms. The second kappa shape index (κ2) is 7.58. The third-order valence-corrected chi connectivity index (χ3v) is 5.71. The molecular formula is C24H14BrN3O4. The molecule has 0 atom stereocenters. The SMILES string of the molecule is O=C1Nc2ccc(Br)cc2C1=Cc1nc2ccccc2c(=O)n1-c1ccc(C(=O)O)cc1. The van der Waals surface area contributed by atoms with Crippen molar-refractivity contribution in [1.82, 2.24) is 9.55 Å². The van der Waals surface area contributed by atoms with Crippen LogP contribution in [-0.2, 0) is 4.79 Å². The number of nitrogens with one attached hydrogen (secondary N) is 1. The van der Waals surface area contributed by atoms with Gasteiger partial charge in [-0.05, 0) is 60.7 Å². The molecule has 156 valence electrons. The third-order valence-electron chi connectivity index (χ3n) is 5.21.